The Bertz CT molecular complexity index is 419. The molecule has 3 unspecified atom stereocenters. The van der Waals surface area contributed by atoms with Crippen molar-refractivity contribution in [3.63, 3.8) is 0 Å². The Morgan fingerprint density at radius 2 is 2.22 bits per heavy atom. The summed E-state index contributed by atoms with van der Waals surface area (Å²) in [5.41, 5.74) is -0.0218. The van der Waals surface area contributed by atoms with Gasteiger partial charge in [-0.2, -0.15) is 0 Å². The predicted octanol–water partition coefficient (Wildman–Crippen LogP) is 2.41. The van der Waals surface area contributed by atoms with Crippen LogP contribution < -0.4 is 5.32 Å². The lowest BCUT2D eigenvalue weighted by Crippen LogP contribution is -2.25. The Kier molecular flexibility index (Phi) is 3.79. The van der Waals surface area contributed by atoms with Gasteiger partial charge in [0.25, 0.3) is 0 Å². The third-order valence-corrected chi connectivity index (χ3v) is 3.97. The van der Waals surface area contributed by atoms with Crippen molar-refractivity contribution in [2.45, 2.75) is 39.2 Å². The van der Waals surface area contributed by atoms with E-state index in [9.17, 15) is 4.79 Å². The van der Waals surface area contributed by atoms with Gasteiger partial charge in [-0.3, -0.25) is 0 Å². The minimum absolute atomic E-state index is 0.0218. The molecule has 2 rings (SSSR count). The summed E-state index contributed by atoms with van der Waals surface area (Å²) in [6.07, 6.45) is 3.60. The molecule has 1 fully saturated rings. The van der Waals surface area contributed by atoms with Gasteiger partial charge >= 0.3 is 5.97 Å². The number of anilines is 1. The highest BCUT2D eigenvalue weighted by Crippen LogP contribution is 2.35. The molecule has 1 aromatic rings. The molecule has 3 atom stereocenters. The Hall–Kier alpha value is -1.65. The van der Waals surface area contributed by atoms with Gasteiger partial charge in [-0.15, -0.1) is 10.2 Å². The number of nitrogens with zero attached hydrogens (tertiary/aromatic N) is 2. The van der Waals surface area contributed by atoms with Crippen molar-refractivity contribution in [3.05, 3.63) is 17.8 Å². The molecule has 1 aliphatic rings. The molecule has 1 aliphatic carbocycles. The molecular formula is C13H19N3O2. The van der Waals surface area contributed by atoms with E-state index >= 15 is 0 Å². The fraction of sp³-hybridized carbons (Fsp3) is 0.615. The van der Waals surface area contributed by atoms with Crippen LogP contribution in [0, 0.1) is 11.8 Å². The highest BCUT2D eigenvalue weighted by atomic mass is 16.4. The zero-order valence-corrected chi connectivity index (χ0v) is 10.8. The number of aromatic nitrogens is 2. The van der Waals surface area contributed by atoms with E-state index in [2.05, 4.69) is 29.4 Å². The highest BCUT2D eigenvalue weighted by Gasteiger charge is 2.31. The second-order valence-electron chi connectivity index (χ2n) is 4.96. The Labute approximate surface area is 107 Å². The molecule has 5 nitrogen and oxygen atoms in total. The van der Waals surface area contributed by atoms with Gasteiger partial charge in [-0.1, -0.05) is 20.3 Å². The minimum Gasteiger partial charge on any atom is -0.476 e. The van der Waals surface area contributed by atoms with E-state index in [0.29, 0.717) is 17.8 Å². The number of aromatic carboxylic acids is 1. The highest BCUT2D eigenvalue weighted by molar-refractivity contribution is 5.85. The van der Waals surface area contributed by atoms with Gasteiger partial charge in [0.1, 0.15) is 5.82 Å². The van der Waals surface area contributed by atoms with Crippen LogP contribution in [0.4, 0.5) is 5.82 Å². The molecule has 2 N–H and O–H groups in total. The summed E-state index contributed by atoms with van der Waals surface area (Å²) >= 11 is 0. The average Bonchev–Trinajstić information content (AvgIpc) is 2.71. The van der Waals surface area contributed by atoms with Crippen molar-refractivity contribution >= 4 is 11.8 Å². The first kappa shape index (κ1) is 12.8. The number of carbonyl (C=O) groups is 1. The molecule has 0 aromatic carbocycles. The van der Waals surface area contributed by atoms with Crippen LogP contribution in [0.5, 0.6) is 0 Å². The molecule has 18 heavy (non-hydrogen) atoms. The monoisotopic (exact) mass is 249 g/mol. The van der Waals surface area contributed by atoms with Crippen LogP contribution in [0.25, 0.3) is 0 Å². The number of rotatable bonds is 4. The summed E-state index contributed by atoms with van der Waals surface area (Å²) in [5, 5.41) is 19.7. The first-order valence-corrected chi connectivity index (χ1v) is 6.45. The number of hydrogen-bond donors (Lipinski definition) is 2. The Balaban J connectivity index is 2.00. The average molecular weight is 249 g/mol. The smallest absolute Gasteiger partial charge is 0.356 e. The summed E-state index contributed by atoms with van der Waals surface area (Å²) in [5.74, 6) is 1.01. The van der Waals surface area contributed by atoms with Gasteiger partial charge in [0.05, 0.1) is 0 Å². The van der Waals surface area contributed by atoms with Crippen LogP contribution in [0.1, 0.15) is 43.6 Å². The number of carboxylic acids is 1. The zero-order chi connectivity index (χ0) is 13.1. The summed E-state index contributed by atoms with van der Waals surface area (Å²) < 4.78 is 0. The first-order chi connectivity index (χ1) is 8.61. The van der Waals surface area contributed by atoms with Gasteiger partial charge in [-0.25, -0.2) is 4.79 Å². The van der Waals surface area contributed by atoms with Crippen LogP contribution in [0.2, 0.25) is 0 Å². The molecule has 0 spiro atoms. The molecule has 1 heterocycles. The molecule has 98 valence electrons. The van der Waals surface area contributed by atoms with E-state index in [1.807, 2.05) is 0 Å². The normalized spacial score (nSPS) is 27.1. The largest absolute Gasteiger partial charge is 0.476 e. The SMILES string of the molecule is CCC1CCC(Nc2ccc(C(=O)O)nn2)C1C. The number of hydrogen-bond acceptors (Lipinski definition) is 4. The van der Waals surface area contributed by atoms with Crippen LogP contribution in [-0.4, -0.2) is 27.3 Å². The topological polar surface area (TPSA) is 75.1 Å². The van der Waals surface area contributed by atoms with Gasteiger partial charge in [0, 0.05) is 6.04 Å². The van der Waals surface area contributed by atoms with Crippen molar-refractivity contribution in [1.82, 2.24) is 10.2 Å². The number of carboxylic acid groups (broad SMARTS) is 1. The van der Waals surface area contributed by atoms with Crippen LogP contribution >= 0.6 is 0 Å². The summed E-state index contributed by atoms with van der Waals surface area (Å²) in [6.45, 7) is 4.49. The lowest BCUT2D eigenvalue weighted by atomic mass is 9.93. The van der Waals surface area contributed by atoms with E-state index in [-0.39, 0.29) is 5.69 Å². The van der Waals surface area contributed by atoms with Gasteiger partial charge in [0.15, 0.2) is 5.69 Å². The minimum atomic E-state index is -1.05. The third-order valence-electron chi connectivity index (χ3n) is 3.97. The fourth-order valence-corrected chi connectivity index (χ4v) is 2.74. The maximum Gasteiger partial charge on any atom is 0.356 e. The molecule has 0 bridgehead atoms. The standard InChI is InChI=1S/C13H19N3O2/c1-3-9-4-5-10(8(9)2)14-12-7-6-11(13(17)18)15-16-12/h6-10H,3-5H2,1-2H3,(H,14,16)(H,17,18). The van der Waals surface area contributed by atoms with E-state index < -0.39 is 5.97 Å². The van der Waals surface area contributed by atoms with Gasteiger partial charge in [0.2, 0.25) is 0 Å². The van der Waals surface area contributed by atoms with Crippen molar-refractivity contribution in [3.8, 4) is 0 Å². The molecule has 0 radical (unpaired) electrons. The van der Waals surface area contributed by atoms with Crippen LogP contribution in [0.3, 0.4) is 0 Å². The molecule has 0 amide bonds. The molecule has 1 aromatic heterocycles. The maximum absolute atomic E-state index is 10.7. The van der Waals surface area contributed by atoms with Crippen molar-refractivity contribution < 1.29 is 9.90 Å². The molecule has 5 heteroatoms. The van der Waals surface area contributed by atoms with E-state index in [0.717, 1.165) is 12.3 Å². The lowest BCUT2D eigenvalue weighted by molar-refractivity contribution is 0.0689. The van der Waals surface area contributed by atoms with E-state index in [4.69, 9.17) is 5.11 Å². The summed E-state index contributed by atoms with van der Waals surface area (Å²) in [4.78, 5) is 10.7. The lowest BCUT2D eigenvalue weighted by Gasteiger charge is -2.21. The molecule has 1 saturated carbocycles. The number of nitrogens with one attached hydrogen (secondary N) is 1. The predicted molar refractivity (Wildman–Crippen MR) is 68.6 cm³/mol. The molecule has 0 saturated heterocycles. The quantitative estimate of drug-likeness (QED) is 0.857. The third kappa shape index (κ3) is 2.60. The molecular weight excluding hydrogens is 230 g/mol. The molecule has 0 aliphatic heterocycles. The van der Waals surface area contributed by atoms with Crippen molar-refractivity contribution in [1.29, 1.82) is 0 Å². The second-order valence-corrected chi connectivity index (χ2v) is 4.96. The zero-order valence-electron chi connectivity index (χ0n) is 10.8. The van der Waals surface area contributed by atoms with E-state index in [1.165, 1.54) is 18.9 Å². The van der Waals surface area contributed by atoms with Crippen LogP contribution in [-0.2, 0) is 0 Å². The van der Waals surface area contributed by atoms with Gasteiger partial charge in [-0.05, 0) is 36.8 Å². The maximum atomic E-state index is 10.7. The van der Waals surface area contributed by atoms with Crippen LogP contribution in [0.15, 0.2) is 12.1 Å². The first-order valence-electron chi connectivity index (χ1n) is 6.45. The summed E-state index contributed by atoms with van der Waals surface area (Å²) in [6, 6.07) is 3.58. The van der Waals surface area contributed by atoms with Crippen molar-refractivity contribution in [2.75, 3.05) is 5.32 Å². The van der Waals surface area contributed by atoms with Gasteiger partial charge < -0.3 is 10.4 Å². The Morgan fingerprint density at radius 1 is 1.44 bits per heavy atom. The summed E-state index contributed by atoms with van der Waals surface area (Å²) in [7, 11) is 0. The van der Waals surface area contributed by atoms with E-state index in [1.54, 1.807) is 6.07 Å². The fourth-order valence-electron chi connectivity index (χ4n) is 2.74. The second kappa shape index (κ2) is 5.33. The Morgan fingerprint density at radius 3 is 2.72 bits per heavy atom. The van der Waals surface area contributed by atoms with Crippen molar-refractivity contribution in [2.24, 2.45) is 11.8 Å².